The Hall–Kier alpha value is -2.66. The number of hydrogen-bond donors (Lipinski definition) is 0. The number of nitrogens with zero attached hydrogens (tertiary/aromatic N) is 5. The summed E-state index contributed by atoms with van der Waals surface area (Å²) in [4.78, 5) is 18.1. The average molecular weight is 420 g/mol. The van der Waals surface area contributed by atoms with Crippen LogP contribution in [0.15, 0.2) is 42.9 Å². The molecule has 1 fully saturated rings. The van der Waals surface area contributed by atoms with E-state index < -0.39 is 0 Å². The van der Waals surface area contributed by atoms with E-state index >= 15 is 0 Å². The zero-order valence-corrected chi connectivity index (χ0v) is 18.1. The normalized spacial score (nSPS) is 16.1. The quantitative estimate of drug-likeness (QED) is 0.591. The van der Waals surface area contributed by atoms with Crippen molar-refractivity contribution >= 4 is 23.1 Å². The van der Waals surface area contributed by atoms with Crippen LogP contribution in [0.2, 0.25) is 5.02 Å². The maximum Gasteiger partial charge on any atom is 0.129 e. The molecular weight excluding hydrogens is 394 g/mol. The first kappa shape index (κ1) is 19.3. The first-order chi connectivity index (χ1) is 14.7. The van der Waals surface area contributed by atoms with Gasteiger partial charge in [0.1, 0.15) is 11.6 Å². The Morgan fingerprint density at radius 2 is 1.73 bits per heavy atom. The van der Waals surface area contributed by atoms with Gasteiger partial charge < -0.3 is 9.80 Å². The first-order valence-corrected chi connectivity index (χ1v) is 11.1. The highest BCUT2D eigenvalue weighted by Gasteiger charge is 2.21. The Morgan fingerprint density at radius 1 is 0.933 bits per heavy atom. The number of aromatic nitrogens is 3. The monoisotopic (exact) mass is 419 g/mol. The second kappa shape index (κ2) is 8.23. The van der Waals surface area contributed by atoms with Crippen molar-refractivity contribution in [1.82, 2.24) is 15.0 Å². The predicted octanol–water partition coefficient (Wildman–Crippen LogP) is 5.05. The summed E-state index contributed by atoms with van der Waals surface area (Å²) in [5.74, 6) is 1.84. The number of piperidine rings is 1. The van der Waals surface area contributed by atoms with Gasteiger partial charge in [-0.05, 0) is 55.9 Å². The number of halogens is 1. The van der Waals surface area contributed by atoms with Crippen molar-refractivity contribution < 1.29 is 0 Å². The molecule has 0 atom stereocenters. The van der Waals surface area contributed by atoms with E-state index in [4.69, 9.17) is 11.6 Å². The summed E-state index contributed by atoms with van der Waals surface area (Å²) >= 11 is 6.59. The second-order valence-corrected chi connectivity index (χ2v) is 8.63. The molecule has 0 N–H and O–H groups in total. The lowest BCUT2D eigenvalue weighted by molar-refractivity contribution is 0.573. The number of fused-ring (bicyclic) bond motifs is 1. The summed E-state index contributed by atoms with van der Waals surface area (Å²) < 4.78 is 0. The lowest BCUT2D eigenvalue weighted by Crippen LogP contribution is -2.30. The smallest absolute Gasteiger partial charge is 0.129 e. The Kier molecular flexibility index (Phi) is 5.30. The molecule has 2 aliphatic heterocycles. The molecule has 0 spiro atoms. The summed E-state index contributed by atoms with van der Waals surface area (Å²) in [6.07, 6.45) is 10.5. The van der Waals surface area contributed by atoms with Gasteiger partial charge in [0.15, 0.2) is 0 Å². The fraction of sp³-hybridized carbons (Fsp3) is 0.375. The molecule has 3 aromatic rings. The molecule has 6 heteroatoms. The maximum atomic E-state index is 6.59. The third-order valence-electron chi connectivity index (χ3n) is 6.12. The number of aryl methyl sites for hydroxylation is 1. The number of hydrogen-bond acceptors (Lipinski definition) is 5. The summed E-state index contributed by atoms with van der Waals surface area (Å²) in [6.45, 7) is 5.89. The van der Waals surface area contributed by atoms with Crippen molar-refractivity contribution in [2.75, 3.05) is 29.4 Å². The van der Waals surface area contributed by atoms with Gasteiger partial charge in [0.05, 0.1) is 5.02 Å². The fourth-order valence-electron chi connectivity index (χ4n) is 4.44. The Bertz CT molecular complexity index is 1040. The van der Waals surface area contributed by atoms with Crippen LogP contribution in [0.5, 0.6) is 0 Å². The van der Waals surface area contributed by atoms with E-state index in [2.05, 4.69) is 49.0 Å². The van der Waals surface area contributed by atoms with Crippen LogP contribution in [-0.2, 0) is 13.0 Å². The Balaban J connectivity index is 1.44. The minimum Gasteiger partial charge on any atom is -0.367 e. The molecule has 1 saturated heterocycles. The van der Waals surface area contributed by atoms with Gasteiger partial charge in [0, 0.05) is 61.6 Å². The molecule has 30 heavy (non-hydrogen) atoms. The highest BCUT2D eigenvalue weighted by molar-refractivity contribution is 6.33. The van der Waals surface area contributed by atoms with Crippen molar-refractivity contribution in [1.29, 1.82) is 0 Å². The van der Waals surface area contributed by atoms with E-state index in [1.54, 1.807) is 6.20 Å². The van der Waals surface area contributed by atoms with E-state index in [0.717, 1.165) is 60.9 Å². The summed E-state index contributed by atoms with van der Waals surface area (Å²) in [7, 11) is 0. The lowest BCUT2D eigenvalue weighted by atomic mass is 10.0. The number of rotatable bonds is 4. The van der Waals surface area contributed by atoms with Crippen LogP contribution < -0.4 is 9.80 Å². The largest absolute Gasteiger partial charge is 0.367 e. The molecule has 0 unspecified atom stereocenters. The molecule has 0 saturated carbocycles. The zero-order chi connectivity index (χ0) is 20.5. The van der Waals surface area contributed by atoms with E-state index in [1.165, 1.54) is 30.5 Å². The SMILES string of the molecule is Cc1ncc(CN2CCc3ccc(-c4cc(N5CCCCC5)ncc4Cl)cc32)cn1. The standard InChI is InChI=1S/C24H26ClN5/c1-17-26-13-18(14-27-17)16-30-10-7-19-5-6-20(11-23(19)30)21-12-24(28-15-22(21)25)29-8-3-2-4-9-29/h5-6,11-15H,2-4,7-10,16H2,1H3. The van der Waals surface area contributed by atoms with Crippen LogP contribution in [0, 0.1) is 6.92 Å². The van der Waals surface area contributed by atoms with Gasteiger partial charge in [0.2, 0.25) is 0 Å². The van der Waals surface area contributed by atoms with E-state index in [-0.39, 0.29) is 0 Å². The molecule has 2 aromatic heterocycles. The Morgan fingerprint density at radius 3 is 2.53 bits per heavy atom. The Labute approximate surface area is 182 Å². The van der Waals surface area contributed by atoms with Crippen LogP contribution in [0.1, 0.15) is 36.2 Å². The topological polar surface area (TPSA) is 45.2 Å². The van der Waals surface area contributed by atoms with Gasteiger partial charge in [-0.15, -0.1) is 0 Å². The van der Waals surface area contributed by atoms with Gasteiger partial charge in [0.25, 0.3) is 0 Å². The van der Waals surface area contributed by atoms with Crippen molar-refractivity contribution in [3.8, 4) is 11.1 Å². The van der Waals surface area contributed by atoms with Crippen LogP contribution in [0.25, 0.3) is 11.1 Å². The van der Waals surface area contributed by atoms with Crippen molar-refractivity contribution in [3.05, 3.63) is 64.8 Å². The third-order valence-corrected chi connectivity index (χ3v) is 6.42. The molecule has 4 heterocycles. The van der Waals surface area contributed by atoms with Crippen molar-refractivity contribution in [3.63, 3.8) is 0 Å². The van der Waals surface area contributed by atoms with Crippen LogP contribution in [0.3, 0.4) is 0 Å². The molecule has 5 rings (SSSR count). The number of benzene rings is 1. The minimum absolute atomic E-state index is 0.701. The fourth-order valence-corrected chi connectivity index (χ4v) is 4.66. The highest BCUT2D eigenvalue weighted by Crippen LogP contribution is 2.37. The zero-order valence-electron chi connectivity index (χ0n) is 17.3. The molecular formula is C24H26ClN5. The van der Waals surface area contributed by atoms with Gasteiger partial charge in [-0.1, -0.05) is 23.7 Å². The van der Waals surface area contributed by atoms with Gasteiger partial charge in [-0.2, -0.15) is 0 Å². The third kappa shape index (κ3) is 3.86. The summed E-state index contributed by atoms with van der Waals surface area (Å²) in [5.41, 5.74) is 5.99. The molecule has 0 bridgehead atoms. The highest BCUT2D eigenvalue weighted by atomic mass is 35.5. The van der Waals surface area contributed by atoms with Gasteiger partial charge in [-0.25, -0.2) is 15.0 Å². The average Bonchev–Trinajstić information content (AvgIpc) is 3.18. The molecule has 2 aliphatic rings. The molecule has 0 amide bonds. The predicted molar refractivity (Wildman–Crippen MR) is 122 cm³/mol. The summed E-state index contributed by atoms with van der Waals surface area (Å²) in [5, 5.41) is 0.701. The maximum absolute atomic E-state index is 6.59. The first-order valence-electron chi connectivity index (χ1n) is 10.7. The number of pyridine rings is 1. The van der Waals surface area contributed by atoms with Crippen LogP contribution in [-0.4, -0.2) is 34.6 Å². The number of anilines is 2. The molecule has 0 aliphatic carbocycles. The minimum atomic E-state index is 0.701. The summed E-state index contributed by atoms with van der Waals surface area (Å²) in [6, 6.07) is 8.87. The van der Waals surface area contributed by atoms with Gasteiger partial charge >= 0.3 is 0 Å². The van der Waals surface area contributed by atoms with Gasteiger partial charge in [-0.3, -0.25) is 0 Å². The van der Waals surface area contributed by atoms with E-state index in [9.17, 15) is 0 Å². The van der Waals surface area contributed by atoms with Crippen molar-refractivity contribution in [2.45, 2.75) is 39.2 Å². The van der Waals surface area contributed by atoms with Crippen molar-refractivity contribution in [2.24, 2.45) is 0 Å². The molecule has 5 nitrogen and oxygen atoms in total. The molecule has 1 aromatic carbocycles. The molecule has 0 radical (unpaired) electrons. The van der Waals surface area contributed by atoms with Crippen LogP contribution >= 0.6 is 11.6 Å². The molecule has 154 valence electrons. The van der Waals surface area contributed by atoms with Crippen LogP contribution in [0.4, 0.5) is 11.5 Å². The lowest BCUT2D eigenvalue weighted by Gasteiger charge is -2.28. The second-order valence-electron chi connectivity index (χ2n) is 8.22. The van der Waals surface area contributed by atoms with E-state index in [0.29, 0.717) is 5.02 Å². The van der Waals surface area contributed by atoms with E-state index in [1.807, 2.05) is 19.3 Å².